The van der Waals surface area contributed by atoms with Crippen LogP contribution in [0.4, 0.5) is 5.82 Å². The third-order valence-electron chi connectivity index (χ3n) is 6.48. The fraction of sp³-hybridized carbons (Fsp3) is 0.400. The third-order valence-corrected chi connectivity index (χ3v) is 6.48. The third kappa shape index (κ3) is 4.01. The van der Waals surface area contributed by atoms with Crippen molar-refractivity contribution in [2.24, 2.45) is 0 Å². The lowest BCUT2D eigenvalue weighted by molar-refractivity contribution is -0.119. The van der Waals surface area contributed by atoms with Crippen LogP contribution in [-0.2, 0) is 24.2 Å². The summed E-state index contributed by atoms with van der Waals surface area (Å²) >= 11 is 0. The van der Waals surface area contributed by atoms with E-state index in [1.165, 1.54) is 0 Å². The van der Waals surface area contributed by atoms with E-state index in [4.69, 9.17) is 14.5 Å². The number of benzene rings is 1. The van der Waals surface area contributed by atoms with Crippen LogP contribution in [0.3, 0.4) is 0 Å². The minimum absolute atomic E-state index is 0.0588. The van der Waals surface area contributed by atoms with Gasteiger partial charge in [0.25, 0.3) is 5.91 Å². The van der Waals surface area contributed by atoms with Gasteiger partial charge in [0.1, 0.15) is 5.82 Å². The molecule has 8 nitrogen and oxygen atoms in total. The maximum Gasteiger partial charge on any atom is 0.293 e. The summed E-state index contributed by atoms with van der Waals surface area (Å²) in [6.45, 7) is 5.01. The number of carbonyl (C=O) groups is 2. The molecule has 0 N–H and O–H groups in total. The molecule has 33 heavy (non-hydrogen) atoms. The van der Waals surface area contributed by atoms with Gasteiger partial charge in [0.2, 0.25) is 11.7 Å². The number of nitrogens with zero attached hydrogens (tertiary/aromatic N) is 5. The molecule has 8 heteroatoms. The van der Waals surface area contributed by atoms with E-state index in [1.807, 2.05) is 44.2 Å². The molecular formula is C25H27N5O3. The minimum Gasteiger partial charge on any atom is -0.351 e. The van der Waals surface area contributed by atoms with Gasteiger partial charge in [0, 0.05) is 30.3 Å². The fourth-order valence-electron chi connectivity index (χ4n) is 4.68. The Kier molecular flexibility index (Phi) is 5.66. The summed E-state index contributed by atoms with van der Waals surface area (Å²) in [5.74, 6) is 1.36. The number of fused-ring (bicyclic) bond motifs is 1. The van der Waals surface area contributed by atoms with E-state index in [2.05, 4.69) is 5.16 Å². The smallest absolute Gasteiger partial charge is 0.293 e. The zero-order valence-electron chi connectivity index (χ0n) is 19.0. The molecule has 1 aromatic carbocycles. The van der Waals surface area contributed by atoms with E-state index in [1.54, 1.807) is 15.9 Å². The Hall–Kier alpha value is -3.55. The molecule has 0 bridgehead atoms. The van der Waals surface area contributed by atoms with Gasteiger partial charge >= 0.3 is 0 Å². The van der Waals surface area contributed by atoms with Crippen LogP contribution in [0.15, 0.2) is 40.9 Å². The van der Waals surface area contributed by atoms with E-state index in [0.29, 0.717) is 44.0 Å². The van der Waals surface area contributed by atoms with Gasteiger partial charge in [-0.25, -0.2) is 9.97 Å². The van der Waals surface area contributed by atoms with Gasteiger partial charge in [-0.15, -0.1) is 0 Å². The monoisotopic (exact) mass is 445 g/mol. The highest BCUT2D eigenvalue weighted by Gasteiger charge is 2.36. The highest BCUT2D eigenvalue weighted by Crippen LogP contribution is 2.35. The normalized spacial score (nSPS) is 18.0. The molecule has 1 atom stereocenters. The number of aryl methyl sites for hydroxylation is 2. The number of carbonyl (C=O) groups excluding carboxylic acids is 2. The summed E-state index contributed by atoms with van der Waals surface area (Å²) in [5.41, 5.74) is 3.68. The van der Waals surface area contributed by atoms with E-state index >= 15 is 0 Å². The fourth-order valence-corrected chi connectivity index (χ4v) is 4.68. The summed E-state index contributed by atoms with van der Waals surface area (Å²) in [6, 6.07) is 11.4. The van der Waals surface area contributed by atoms with Crippen molar-refractivity contribution in [3.05, 3.63) is 70.5 Å². The van der Waals surface area contributed by atoms with Crippen molar-refractivity contribution in [2.75, 3.05) is 11.4 Å². The molecule has 1 fully saturated rings. The molecule has 170 valence electrons. The number of rotatable bonds is 5. The molecule has 2 aromatic heterocycles. The van der Waals surface area contributed by atoms with Crippen LogP contribution in [0, 0.1) is 6.92 Å². The van der Waals surface area contributed by atoms with E-state index in [9.17, 15) is 9.59 Å². The van der Waals surface area contributed by atoms with Crippen molar-refractivity contribution in [3.63, 3.8) is 0 Å². The lowest BCUT2D eigenvalue weighted by Gasteiger charge is -2.31. The summed E-state index contributed by atoms with van der Waals surface area (Å²) in [5, 5.41) is 3.96. The van der Waals surface area contributed by atoms with Crippen molar-refractivity contribution in [3.8, 4) is 0 Å². The average Bonchev–Trinajstić information content (AvgIpc) is 3.51. The average molecular weight is 446 g/mol. The van der Waals surface area contributed by atoms with Gasteiger partial charge in [-0.3, -0.25) is 14.5 Å². The van der Waals surface area contributed by atoms with Crippen LogP contribution in [0.25, 0.3) is 0 Å². The lowest BCUT2D eigenvalue weighted by Crippen LogP contribution is -2.37. The van der Waals surface area contributed by atoms with Crippen LogP contribution in [-0.4, -0.2) is 38.4 Å². The summed E-state index contributed by atoms with van der Waals surface area (Å²) < 4.78 is 5.29. The molecule has 2 aliphatic rings. The van der Waals surface area contributed by atoms with Crippen molar-refractivity contribution < 1.29 is 14.1 Å². The van der Waals surface area contributed by atoms with Gasteiger partial charge in [-0.1, -0.05) is 42.4 Å². The molecule has 2 aliphatic heterocycles. The maximum absolute atomic E-state index is 13.2. The number of hydrogen-bond acceptors (Lipinski definition) is 6. The molecule has 0 aliphatic carbocycles. The van der Waals surface area contributed by atoms with Crippen molar-refractivity contribution in [1.29, 1.82) is 0 Å². The molecule has 4 heterocycles. The maximum atomic E-state index is 13.2. The minimum atomic E-state index is -0.257. The molecule has 0 saturated carbocycles. The van der Waals surface area contributed by atoms with Gasteiger partial charge in [-0.05, 0) is 38.2 Å². The second kappa shape index (κ2) is 8.77. The summed E-state index contributed by atoms with van der Waals surface area (Å²) in [6.07, 6.45) is 3.42. The van der Waals surface area contributed by atoms with E-state index in [-0.39, 0.29) is 23.6 Å². The topological polar surface area (TPSA) is 92.4 Å². The molecule has 0 spiro atoms. The number of likely N-dealkylation sites (tertiary alicyclic amines) is 1. The van der Waals surface area contributed by atoms with Crippen LogP contribution < -0.4 is 4.90 Å². The van der Waals surface area contributed by atoms with Gasteiger partial charge in [-0.2, -0.15) is 0 Å². The number of aromatic nitrogens is 3. The molecule has 1 saturated heterocycles. The zero-order valence-corrected chi connectivity index (χ0v) is 19.0. The molecule has 0 unspecified atom stereocenters. The Balaban J connectivity index is 1.48. The van der Waals surface area contributed by atoms with E-state index in [0.717, 1.165) is 35.4 Å². The summed E-state index contributed by atoms with van der Waals surface area (Å²) in [7, 11) is 0. The number of anilines is 1. The molecule has 2 amide bonds. The van der Waals surface area contributed by atoms with Crippen molar-refractivity contribution in [2.45, 2.75) is 58.5 Å². The van der Waals surface area contributed by atoms with E-state index < -0.39 is 0 Å². The standard InChI is InChI=1S/C25H27N5O3/c1-3-18-14-21(33-28-18)25(32)29-13-7-10-20(29)23-26-16(2)19-11-12-22(31)30(24(19)27-23)15-17-8-5-4-6-9-17/h4-6,8-9,14,20H,3,7,10-13,15H2,1-2H3/t20-/m0/s1. The zero-order chi connectivity index (χ0) is 22.9. The Morgan fingerprint density at radius 3 is 2.76 bits per heavy atom. The quantitative estimate of drug-likeness (QED) is 0.593. The van der Waals surface area contributed by atoms with Crippen LogP contribution in [0.1, 0.15) is 71.1 Å². The van der Waals surface area contributed by atoms with Gasteiger partial charge < -0.3 is 9.42 Å². The number of hydrogen-bond donors (Lipinski definition) is 0. The predicted octanol–water partition coefficient (Wildman–Crippen LogP) is 3.79. The van der Waals surface area contributed by atoms with Crippen LogP contribution in [0.5, 0.6) is 0 Å². The predicted molar refractivity (Wildman–Crippen MR) is 122 cm³/mol. The molecular weight excluding hydrogens is 418 g/mol. The highest BCUT2D eigenvalue weighted by atomic mass is 16.5. The molecule has 3 aromatic rings. The molecule has 5 rings (SSSR count). The first-order chi connectivity index (χ1) is 16.0. The Labute approximate surface area is 192 Å². The Bertz CT molecular complexity index is 1190. The number of amides is 2. The summed E-state index contributed by atoms with van der Waals surface area (Å²) in [4.78, 5) is 39.3. The second-order valence-corrected chi connectivity index (χ2v) is 8.63. The highest BCUT2D eigenvalue weighted by molar-refractivity contribution is 5.95. The largest absolute Gasteiger partial charge is 0.351 e. The van der Waals surface area contributed by atoms with Crippen LogP contribution >= 0.6 is 0 Å². The van der Waals surface area contributed by atoms with Gasteiger partial charge in [0.15, 0.2) is 5.82 Å². The molecule has 0 radical (unpaired) electrons. The lowest BCUT2D eigenvalue weighted by atomic mass is 10.0. The SMILES string of the molecule is CCc1cc(C(=O)N2CCC[C@H]2c2nc(C)c3c(n2)N(Cc2ccccc2)C(=O)CC3)on1. The van der Waals surface area contributed by atoms with Crippen molar-refractivity contribution in [1.82, 2.24) is 20.0 Å². The second-order valence-electron chi connectivity index (χ2n) is 8.63. The van der Waals surface area contributed by atoms with Crippen LogP contribution in [0.2, 0.25) is 0 Å². The Morgan fingerprint density at radius 1 is 1.18 bits per heavy atom. The van der Waals surface area contributed by atoms with Gasteiger partial charge in [0.05, 0.1) is 18.3 Å². The Morgan fingerprint density at radius 2 is 2.00 bits per heavy atom. The van der Waals surface area contributed by atoms with Crippen molar-refractivity contribution >= 4 is 17.6 Å². The first kappa shape index (κ1) is 21.3. The first-order valence-electron chi connectivity index (χ1n) is 11.5. The first-order valence-corrected chi connectivity index (χ1v) is 11.5.